The zero-order valence-corrected chi connectivity index (χ0v) is 6.95. The number of aromatic nitrogens is 1. The number of hydrogen-bond donors (Lipinski definition) is 1. The highest BCUT2D eigenvalue weighted by atomic mass is 19.4. The zero-order valence-electron chi connectivity index (χ0n) is 6.95. The number of anilines is 1. The van der Waals surface area contributed by atoms with Crippen LogP contribution in [-0.4, -0.2) is 4.98 Å². The number of hydrogen-bond acceptors (Lipinski definition) is 2. The molecule has 0 atom stereocenters. The molecule has 0 aliphatic rings. The first-order valence-electron chi connectivity index (χ1n) is 3.52. The molecule has 0 saturated carbocycles. The summed E-state index contributed by atoms with van der Waals surface area (Å²) in [6.45, 7) is 0. The molecule has 0 fully saturated rings. The Labute approximate surface area is 79.7 Å². The van der Waals surface area contributed by atoms with E-state index in [2.05, 4.69) is 4.98 Å². The lowest BCUT2D eigenvalue weighted by molar-refractivity contribution is -0.144. The number of nitrogen functional groups attached to an aromatic ring is 1. The van der Waals surface area contributed by atoms with Crippen molar-refractivity contribution in [3.63, 3.8) is 0 Å². The molecule has 2 N–H and O–H groups in total. The Bertz CT molecular complexity index is 367. The fourth-order valence-electron chi connectivity index (χ4n) is 0.863. The van der Waals surface area contributed by atoms with Crippen molar-refractivity contribution in [3.8, 4) is 0 Å². The third-order valence-corrected chi connectivity index (χ3v) is 1.53. The van der Waals surface area contributed by atoms with Crippen LogP contribution in [0.5, 0.6) is 0 Å². The molecule has 0 aliphatic heterocycles. The van der Waals surface area contributed by atoms with E-state index in [4.69, 9.17) is 5.73 Å². The van der Waals surface area contributed by atoms with Gasteiger partial charge in [-0.15, -0.1) is 0 Å². The molecule has 1 aromatic rings. The summed E-state index contributed by atoms with van der Waals surface area (Å²) in [5, 5.41) is 0. The highest BCUT2D eigenvalue weighted by molar-refractivity contribution is 5.48. The van der Waals surface area contributed by atoms with E-state index in [1.807, 2.05) is 0 Å². The van der Waals surface area contributed by atoms with Crippen LogP contribution >= 0.6 is 0 Å². The monoisotopic (exact) mass is 230 g/mol. The topological polar surface area (TPSA) is 38.9 Å². The Morgan fingerprint density at radius 2 is 1.53 bits per heavy atom. The van der Waals surface area contributed by atoms with Gasteiger partial charge in [-0.3, -0.25) is 4.98 Å². The van der Waals surface area contributed by atoms with E-state index in [0.29, 0.717) is 0 Å². The second-order valence-electron chi connectivity index (χ2n) is 2.65. The fourth-order valence-corrected chi connectivity index (χ4v) is 0.863. The Kier molecular flexibility index (Phi) is 2.54. The van der Waals surface area contributed by atoms with Crippen molar-refractivity contribution >= 4 is 5.69 Å². The Hall–Kier alpha value is -1.47. The minimum Gasteiger partial charge on any atom is -0.398 e. The zero-order chi connectivity index (χ0) is 11.9. The predicted octanol–water partition coefficient (Wildman–Crippen LogP) is 2.70. The van der Waals surface area contributed by atoms with Gasteiger partial charge in [-0.2, -0.15) is 26.3 Å². The molecule has 0 saturated heterocycles. The molecular formula is C7H4F6N2. The summed E-state index contributed by atoms with van der Waals surface area (Å²) in [7, 11) is 0. The molecule has 0 unspecified atom stereocenters. The summed E-state index contributed by atoms with van der Waals surface area (Å²) in [5.41, 5.74) is 1.02. The third-order valence-electron chi connectivity index (χ3n) is 1.53. The van der Waals surface area contributed by atoms with Crippen LogP contribution < -0.4 is 5.73 Å². The maximum absolute atomic E-state index is 12.1. The molecule has 8 heteroatoms. The summed E-state index contributed by atoms with van der Waals surface area (Å²) in [6.07, 6.45) is -9.54. The van der Waals surface area contributed by atoms with Crippen LogP contribution in [0, 0.1) is 0 Å². The molecule has 0 spiro atoms. The lowest BCUT2D eigenvalue weighted by atomic mass is 10.2. The fraction of sp³-hybridized carbons (Fsp3) is 0.286. The average molecular weight is 230 g/mol. The Balaban J connectivity index is 3.21. The van der Waals surface area contributed by atoms with Crippen LogP contribution in [0.3, 0.4) is 0 Å². The third kappa shape index (κ3) is 2.51. The molecule has 0 bridgehead atoms. The van der Waals surface area contributed by atoms with E-state index in [0.717, 1.165) is 0 Å². The lowest BCUT2D eigenvalue weighted by Crippen LogP contribution is -2.14. The van der Waals surface area contributed by atoms with Crippen molar-refractivity contribution in [3.05, 3.63) is 23.5 Å². The van der Waals surface area contributed by atoms with Crippen molar-refractivity contribution in [2.75, 3.05) is 5.73 Å². The smallest absolute Gasteiger partial charge is 0.398 e. The summed E-state index contributed by atoms with van der Waals surface area (Å²) in [6, 6.07) is 0.156. The molecule has 0 aromatic carbocycles. The predicted molar refractivity (Wildman–Crippen MR) is 38.7 cm³/mol. The molecule has 1 heterocycles. The number of pyridine rings is 1. The molecule has 84 valence electrons. The maximum atomic E-state index is 12.1. The first-order valence-corrected chi connectivity index (χ1v) is 3.52. The normalized spacial score (nSPS) is 12.9. The van der Waals surface area contributed by atoms with Gasteiger partial charge in [-0.05, 0) is 6.07 Å². The molecule has 0 amide bonds. The molecule has 1 aromatic heterocycles. The van der Waals surface area contributed by atoms with Gasteiger partial charge >= 0.3 is 12.4 Å². The largest absolute Gasteiger partial charge is 0.433 e. The van der Waals surface area contributed by atoms with Crippen LogP contribution in [0.2, 0.25) is 0 Å². The average Bonchev–Trinajstić information content (AvgIpc) is 1.99. The molecule has 1 rings (SSSR count). The van der Waals surface area contributed by atoms with Gasteiger partial charge in [-0.1, -0.05) is 0 Å². The van der Waals surface area contributed by atoms with Crippen molar-refractivity contribution in [2.45, 2.75) is 12.4 Å². The maximum Gasteiger partial charge on any atom is 0.433 e. The quantitative estimate of drug-likeness (QED) is 0.696. The Morgan fingerprint density at radius 3 is 1.87 bits per heavy atom. The van der Waals surface area contributed by atoms with E-state index in [9.17, 15) is 26.3 Å². The molecule has 2 nitrogen and oxygen atoms in total. The van der Waals surface area contributed by atoms with Gasteiger partial charge in [0.2, 0.25) is 0 Å². The minimum atomic E-state index is -4.81. The van der Waals surface area contributed by atoms with Gasteiger partial charge in [0.05, 0.1) is 5.56 Å². The van der Waals surface area contributed by atoms with Crippen LogP contribution in [0.15, 0.2) is 12.3 Å². The van der Waals surface area contributed by atoms with Crippen LogP contribution in [0.25, 0.3) is 0 Å². The van der Waals surface area contributed by atoms with Gasteiger partial charge in [0, 0.05) is 11.9 Å². The highest BCUT2D eigenvalue weighted by Gasteiger charge is 2.37. The van der Waals surface area contributed by atoms with Crippen molar-refractivity contribution in [2.24, 2.45) is 0 Å². The second kappa shape index (κ2) is 3.28. The van der Waals surface area contributed by atoms with Crippen LogP contribution in [0.4, 0.5) is 32.0 Å². The number of nitrogens with zero attached hydrogens (tertiary/aromatic N) is 1. The van der Waals surface area contributed by atoms with Crippen molar-refractivity contribution < 1.29 is 26.3 Å². The SMILES string of the molecule is Nc1cc(C(F)(F)F)ncc1C(F)(F)F. The molecule has 0 radical (unpaired) electrons. The van der Waals surface area contributed by atoms with Gasteiger partial charge in [0.1, 0.15) is 5.69 Å². The summed E-state index contributed by atoms with van der Waals surface area (Å²) < 4.78 is 72.2. The first kappa shape index (κ1) is 11.6. The van der Waals surface area contributed by atoms with Crippen LogP contribution in [-0.2, 0) is 12.4 Å². The number of halogens is 6. The van der Waals surface area contributed by atoms with Crippen molar-refractivity contribution in [1.82, 2.24) is 4.98 Å². The van der Waals surface area contributed by atoms with Crippen molar-refractivity contribution in [1.29, 1.82) is 0 Å². The molecular weight excluding hydrogens is 226 g/mol. The first-order chi connectivity index (χ1) is 6.62. The van der Waals surface area contributed by atoms with Gasteiger partial charge in [-0.25, -0.2) is 0 Å². The molecule has 15 heavy (non-hydrogen) atoms. The van der Waals surface area contributed by atoms with E-state index in [-0.39, 0.29) is 12.3 Å². The van der Waals surface area contributed by atoms with E-state index in [1.165, 1.54) is 0 Å². The molecule has 0 aliphatic carbocycles. The van der Waals surface area contributed by atoms with Gasteiger partial charge < -0.3 is 5.73 Å². The summed E-state index contributed by atoms with van der Waals surface area (Å²) in [4.78, 5) is 2.65. The minimum absolute atomic E-state index is 0.0676. The number of alkyl halides is 6. The van der Waals surface area contributed by atoms with E-state index in [1.54, 1.807) is 0 Å². The van der Waals surface area contributed by atoms with Crippen LogP contribution in [0.1, 0.15) is 11.3 Å². The number of nitrogens with two attached hydrogens (primary N) is 1. The number of rotatable bonds is 0. The standard InChI is InChI=1S/C7H4F6N2/c8-6(9,10)3-2-15-5(1-4(3)14)7(11,12)13/h1-2H,(H2,14,15). The summed E-state index contributed by atoms with van der Waals surface area (Å²) in [5.74, 6) is 0. The van der Waals surface area contributed by atoms with E-state index >= 15 is 0 Å². The highest BCUT2D eigenvalue weighted by Crippen LogP contribution is 2.36. The lowest BCUT2D eigenvalue weighted by Gasteiger charge is -2.11. The second-order valence-corrected chi connectivity index (χ2v) is 2.65. The van der Waals surface area contributed by atoms with Gasteiger partial charge in [0.25, 0.3) is 0 Å². The van der Waals surface area contributed by atoms with E-state index < -0.39 is 29.3 Å². The summed E-state index contributed by atoms with van der Waals surface area (Å²) >= 11 is 0. The van der Waals surface area contributed by atoms with Gasteiger partial charge in [0.15, 0.2) is 0 Å². The Morgan fingerprint density at radius 1 is 1.00 bits per heavy atom.